The van der Waals surface area contributed by atoms with Crippen LogP contribution in [0.25, 0.3) is 0 Å². The number of nitrogens with one attached hydrogen (secondary N) is 1. The standard InChI is InChI=1S/C16H24N2O3/c1-11(2)18(10-16(20)21-5)9-15(19)17-14-8-12(3)6-7-13(14)4/h6-8,11H,9-10H2,1-5H3,(H,17,19). The molecule has 0 saturated carbocycles. The largest absolute Gasteiger partial charge is 0.468 e. The Labute approximate surface area is 126 Å². The average Bonchev–Trinajstić information content (AvgIpc) is 2.41. The number of carbonyl (C=O) groups excluding carboxylic acids is 2. The molecule has 0 fully saturated rings. The van der Waals surface area contributed by atoms with Crippen LogP contribution in [0.1, 0.15) is 25.0 Å². The summed E-state index contributed by atoms with van der Waals surface area (Å²) in [5.41, 5.74) is 2.91. The molecule has 21 heavy (non-hydrogen) atoms. The molecule has 0 bridgehead atoms. The van der Waals surface area contributed by atoms with E-state index in [9.17, 15) is 9.59 Å². The van der Waals surface area contributed by atoms with Crippen LogP contribution in [0.4, 0.5) is 5.69 Å². The smallest absolute Gasteiger partial charge is 0.319 e. The minimum Gasteiger partial charge on any atom is -0.468 e. The van der Waals surface area contributed by atoms with Gasteiger partial charge in [-0.25, -0.2) is 0 Å². The Morgan fingerprint density at radius 3 is 2.48 bits per heavy atom. The Kier molecular flexibility index (Phi) is 6.37. The van der Waals surface area contributed by atoms with Crippen molar-refractivity contribution in [2.45, 2.75) is 33.7 Å². The lowest BCUT2D eigenvalue weighted by molar-refractivity contribution is -0.142. The Morgan fingerprint density at radius 2 is 1.90 bits per heavy atom. The average molecular weight is 292 g/mol. The van der Waals surface area contributed by atoms with Crippen molar-refractivity contribution in [2.75, 3.05) is 25.5 Å². The molecule has 0 aliphatic carbocycles. The van der Waals surface area contributed by atoms with Crippen molar-refractivity contribution in [3.05, 3.63) is 29.3 Å². The van der Waals surface area contributed by atoms with E-state index in [-0.39, 0.29) is 31.0 Å². The zero-order valence-corrected chi connectivity index (χ0v) is 13.4. The predicted molar refractivity (Wildman–Crippen MR) is 83.3 cm³/mol. The topological polar surface area (TPSA) is 58.6 Å². The molecule has 116 valence electrons. The fourth-order valence-electron chi connectivity index (χ4n) is 1.90. The summed E-state index contributed by atoms with van der Waals surface area (Å²) in [6, 6.07) is 5.99. The van der Waals surface area contributed by atoms with E-state index >= 15 is 0 Å². The van der Waals surface area contributed by atoms with E-state index in [1.54, 1.807) is 4.90 Å². The normalized spacial score (nSPS) is 10.8. The minimum absolute atomic E-state index is 0.0773. The second-order valence-corrected chi connectivity index (χ2v) is 5.44. The first-order valence-corrected chi connectivity index (χ1v) is 7.01. The van der Waals surface area contributed by atoms with Gasteiger partial charge in [0.25, 0.3) is 0 Å². The lowest BCUT2D eigenvalue weighted by Gasteiger charge is -2.24. The van der Waals surface area contributed by atoms with Gasteiger partial charge >= 0.3 is 5.97 Å². The number of esters is 1. The number of hydrogen-bond acceptors (Lipinski definition) is 4. The van der Waals surface area contributed by atoms with Gasteiger partial charge in [-0.3, -0.25) is 14.5 Å². The van der Waals surface area contributed by atoms with Gasteiger partial charge in [0.1, 0.15) is 0 Å². The zero-order valence-electron chi connectivity index (χ0n) is 13.4. The molecule has 0 radical (unpaired) electrons. The molecule has 5 nitrogen and oxygen atoms in total. The number of amides is 1. The van der Waals surface area contributed by atoms with E-state index in [1.165, 1.54) is 7.11 Å². The summed E-state index contributed by atoms with van der Waals surface area (Å²) in [4.78, 5) is 25.3. The van der Waals surface area contributed by atoms with Crippen LogP contribution in [0.3, 0.4) is 0 Å². The number of anilines is 1. The number of aryl methyl sites for hydroxylation is 2. The van der Waals surface area contributed by atoms with Crippen LogP contribution in [-0.4, -0.2) is 43.0 Å². The summed E-state index contributed by atoms with van der Waals surface area (Å²) in [7, 11) is 1.34. The molecule has 1 aromatic rings. The summed E-state index contributed by atoms with van der Waals surface area (Å²) in [5, 5.41) is 2.89. The summed E-state index contributed by atoms with van der Waals surface area (Å²) in [6.45, 7) is 8.06. The highest BCUT2D eigenvalue weighted by atomic mass is 16.5. The lowest BCUT2D eigenvalue weighted by atomic mass is 10.1. The molecule has 1 aromatic carbocycles. The molecule has 0 saturated heterocycles. The van der Waals surface area contributed by atoms with E-state index in [1.807, 2.05) is 45.9 Å². The lowest BCUT2D eigenvalue weighted by Crippen LogP contribution is -2.41. The molecule has 0 aliphatic heterocycles. The minimum atomic E-state index is -0.344. The Hall–Kier alpha value is -1.88. The van der Waals surface area contributed by atoms with Gasteiger partial charge in [0.05, 0.1) is 20.2 Å². The van der Waals surface area contributed by atoms with Crippen LogP contribution in [0, 0.1) is 13.8 Å². The van der Waals surface area contributed by atoms with Gasteiger partial charge in [0, 0.05) is 11.7 Å². The van der Waals surface area contributed by atoms with E-state index in [2.05, 4.69) is 10.1 Å². The maximum atomic E-state index is 12.2. The predicted octanol–water partition coefficient (Wildman–Crippen LogP) is 2.13. The quantitative estimate of drug-likeness (QED) is 0.816. The van der Waals surface area contributed by atoms with Crippen LogP contribution >= 0.6 is 0 Å². The number of benzene rings is 1. The molecule has 0 unspecified atom stereocenters. The van der Waals surface area contributed by atoms with Crippen LogP contribution in [-0.2, 0) is 14.3 Å². The number of rotatable bonds is 6. The van der Waals surface area contributed by atoms with Crippen LogP contribution in [0.5, 0.6) is 0 Å². The van der Waals surface area contributed by atoms with Crippen molar-refractivity contribution in [2.24, 2.45) is 0 Å². The first-order valence-electron chi connectivity index (χ1n) is 7.01. The third-order valence-corrected chi connectivity index (χ3v) is 3.30. The highest BCUT2D eigenvalue weighted by molar-refractivity contribution is 5.93. The first kappa shape index (κ1) is 17.2. The second-order valence-electron chi connectivity index (χ2n) is 5.44. The number of methoxy groups -OCH3 is 1. The molecule has 1 N–H and O–H groups in total. The monoisotopic (exact) mass is 292 g/mol. The molecular formula is C16H24N2O3. The molecule has 0 spiro atoms. The summed E-state index contributed by atoms with van der Waals surface area (Å²) in [6.07, 6.45) is 0. The van der Waals surface area contributed by atoms with Gasteiger partial charge in [-0.1, -0.05) is 12.1 Å². The SMILES string of the molecule is COC(=O)CN(CC(=O)Nc1cc(C)ccc1C)C(C)C. The summed E-state index contributed by atoms with van der Waals surface area (Å²) < 4.78 is 4.65. The third kappa shape index (κ3) is 5.55. The van der Waals surface area contributed by atoms with Gasteiger partial charge in [-0.15, -0.1) is 0 Å². The van der Waals surface area contributed by atoms with Gasteiger partial charge < -0.3 is 10.1 Å². The van der Waals surface area contributed by atoms with Crippen molar-refractivity contribution < 1.29 is 14.3 Å². The molecule has 0 aliphatic rings. The number of nitrogens with zero attached hydrogens (tertiary/aromatic N) is 1. The van der Waals surface area contributed by atoms with E-state index in [4.69, 9.17) is 0 Å². The molecule has 0 heterocycles. The van der Waals surface area contributed by atoms with Gasteiger partial charge in [0.2, 0.25) is 5.91 Å². The first-order chi connectivity index (χ1) is 9.83. The third-order valence-electron chi connectivity index (χ3n) is 3.30. The number of carbonyl (C=O) groups is 2. The van der Waals surface area contributed by atoms with Gasteiger partial charge in [0.15, 0.2) is 0 Å². The highest BCUT2D eigenvalue weighted by Gasteiger charge is 2.18. The molecular weight excluding hydrogens is 268 g/mol. The van der Waals surface area contributed by atoms with E-state index in [0.717, 1.165) is 16.8 Å². The van der Waals surface area contributed by atoms with Gasteiger partial charge in [-0.05, 0) is 44.9 Å². The maximum absolute atomic E-state index is 12.2. The Bertz CT molecular complexity index is 512. The zero-order chi connectivity index (χ0) is 16.0. The molecule has 5 heteroatoms. The van der Waals surface area contributed by atoms with Crippen molar-refractivity contribution in [1.82, 2.24) is 4.90 Å². The molecule has 1 rings (SSSR count). The molecule has 0 aromatic heterocycles. The summed E-state index contributed by atoms with van der Waals surface area (Å²) >= 11 is 0. The number of ether oxygens (including phenoxy) is 1. The van der Waals surface area contributed by atoms with Crippen molar-refractivity contribution >= 4 is 17.6 Å². The van der Waals surface area contributed by atoms with E-state index < -0.39 is 0 Å². The van der Waals surface area contributed by atoms with Crippen molar-refractivity contribution in [3.8, 4) is 0 Å². The second kappa shape index (κ2) is 7.78. The maximum Gasteiger partial charge on any atom is 0.319 e. The van der Waals surface area contributed by atoms with Crippen molar-refractivity contribution in [1.29, 1.82) is 0 Å². The fourth-order valence-corrected chi connectivity index (χ4v) is 1.90. The van der Waals surface area contributed by atoms with E-state index in [0.29, 0.717) is 0 Å². The molecule has 0 atom stereocenters. The van der Waals surface area contributed by atoms with Crippen LogP contribution in [0.2, 0.25) is 0 Å². The number of hydrogen-bond donors (Lipinski definition) is 1. The van der Waals surface area contributed by atoms with Gasteiger partial charge in [-0.2, -0.15) is 0 Å². The van der Waals surface area contributed by atoms with Crippen LogP contribution < -0.4 is 5.32 Å². The van der Waals surface area contributed by atoms with Crippen molar-refractivity contribution in [3.63, 3.8) is 0 Å². The van der Waals surface area contributed by atoms with Crippen LogP contribution in [0.15, 0.2) is 18.2 Å². The molecule has 1 amide bonds. The Balaban J connectivity index is 2.69. The highest BCUT2D eigenvalue weighted by Crippen LogP contribution is 2.16. The summed E-state index contributed by atoms with van der Waals surface area (Å²) in [5.74, 6) is -0.482. The Morgan fingerprint density at radius 1 is 1.24 bits per heavy atom. The fraction of sp³-hybridized carbons (Fsp3) is 0.500.